The van der Waals surface area contributed by atoms with Gasteiger partial charge < -0.3 is 9.84 Å². The zero-order chi connectivity index (χ0) is 12.5. The molecule has 0 saturated carbocycles. The van der Waals surface area contributed by atoms with Crippen LogP contribution in [0.4, 0.5) is 0 Å². The summed E-state index contributed by atoms with van der Waals surface area (Å²) < 4.78 is 5.22. The van der Waals surface area contributed by atoms with Crippen molar-refractivity contribution < 1.29 is 14.6 Å². The average molecular weight is 250 g/mol. The van der Waals surface area contributed by atoms with E-state index >= 15 is 0 Å². The number of hydrogen-bond donors (Lipinski definition) is 1. The van der Waals surface area contributed by atoms with E-state index in [1.54, 1.807) is 12.1 Å². The van der Waals surface area contributed by atoms with Crippen LogP contribution in [-0.4, -0.2) is 29.2 Å². The fourth-order valence-electron chi connectivity index (χ4n) is 1.07. The Morgan fingerprint density at radius 2 is 2.12 bits per heavy atom. The van der Waals surface area contributed by atoms with E-state index in [0.717, 1.165) is 5.56 Å². The zero-order valence-electron chi connectivity index (χ0n) is 9.60. The van der Waals surface area contributed by atoms with Crippen molar-refractivity contribution in [2.75, 3.05) is 19.0 Å². The van der Waals surface area contributed by atoms with Crippen molar-refractivity contribution in [3.05, 3.63) is 29.8 Å². The van der Waals surface area contributed by atoms with Crippen molar-refractivity contribution >= 4 is 16.9 Å². The molecule has 0 saturated heterocycles. The topological polar surface area (TPSA) is 46.5 Å². The maximum atomic E-state index is 10.7. The van der Waals surface area contributed by atoms with Crippen molar-refractivity contribution in [3.63, 3.8) is 0 Å². The molecule has 1 N–H and O–H groups in total. The fraction of sp³-hybridized carbons (Fsp3) is 0.308. The van der Waals surface area contributed by atoms with Crippen LogP contribution in [-0.2, 0) is 4.79 Å². The van der Waals surface area contributed by atoms with Gasteiger partial charge in [-0.25, -0.2) is 0 Å². The lowest BCUT2D eigenvalue weighted by Gasteiger charge is -2.02. The molecule has 0 spiro atoms. The third-order valence-corrected chi connectivity index (χ3v) is 2.49. The van der Waals surface area contributed by atoms with E-state index in [4.69, 9.17) is 9.84 Å². The molecule has 0 radical (unpaired) electrons. The summed E-state index contributed by atoms with van der Waals surface area (Å²) >= 11 is 1.20. The smallest absolute Gasteiger partial charge is 0.186 e. The Bertz CT molecular complexity index is 415. The van der Waals surface area contributed by atoms with Crippen LogP contribution in [0.25, 0.3) is 0 Å². The molecule has 1 rings (SSSR count). The van der Waals surface area contributed by atoms with E-state index in [2.05, 4.69) is 11.8 Å². The molecular weight excluding hydrogens is 236 g/mol. The van der Waals surface area contributed by atoms with Crippen LogP contribution in [0.2, 0.25) is 0 Å². The second-order valence-corrected chi connectivity index (χ2v) is 4.33. The predicted octanol–water partition coefficient (Wildman–Crippen LogP) is 1.69. The lowest BCUT2D eigenvalue weighted by Crippen LogP contribution is -2.01. The maximum absolute atomic E-state index is 10.7. The summed E-state index contributed by atoms with van der Waals surface area (Å²) in [6.45, 7) is 1.82. The van der Waals surface area contributed by atoms with Crippen molar-refractivity contribution in [2.24, 2.45) is 0 Å². The molecule has 0 aliphatic heterocycles. The molecule has 0 bridgehead atoms. The monoisotopic (exact) mass is 250 g/mol. The van der Waals surface area contributed by atoms with Crippen LogP contribution in [0.1, 0.15) is 12.5 Å². The molecule has 0 atom stereocenters. The highest BCUT2D eigenvalue weighted by molar-refractivity contribution is 8.13. The van der Waals surface area contributed by atoms with Gasteiger partial charge in [-0.3, -0.25) is 4.79 Å². The van der Waals surface area contributed by atoms with E-state index in [9.17, 15) is 4.79 Å². The quantitative estimate of drug-likeness (QED) is 0.826. The van der Waals surface area contributed by atoms with Crippen molar-refractivity contribution in [2.45, 2.75) is 6.92 Å². The number of carbonyl (C=O) groups is 1. The molecule has 0 aromatic heterocycles. The van der Waals surface area contributed by atoms with Crippen molar-refractivity contribution in [1.82, 2.24) is 0 Å². The molecule has 4 heteroatoms. The summed E-state index contributed by atoms with van der Waals surface area (Å²) in [7, 11) is 0. The van der Waals surface area contributed by atoms with Gasteiger partial charge in [-0.05, 0) is 24.3 Å². The van der Waals surface area contributed by atoms with E-state index < -0.39 is 0 Å². The number of benzene rings is 1. The van der Waals surface area contributed by atoms with Gasteiger partial charge in [-0.15, -0.1) is 0 Å². The van der Waals surface area contributed by atoms with E-state index in [1.807, 2.05) is 12.1 Å². The largest absolute Gasteiger partial charge is 0.491 e. The van der Waals surface area contributed by atoms with Gasteiger partial charge in [0.25, 0.3) is 0 Å². The van der Waals surface area contributed by atoms with Gasteiger partial charge in [0.2, 0.25) is 0 Å². The first kappa shape index (κ1) is 13.6. The first-order chi connectivity index (χ1) is 8.22. The van der Waals surface area contributed by atoms with E-state index in [0.29, 0.717) is 18.1 Å². The van der Waals surface area contributed by atoms with Gasteiger partial charge in [0.05, 0.1) is 12.4 Å². The van der Waals surface area contributed by atoms with Gasteiger partial charge in [0.15, 0.2) is 5.12 Å². The molecule has 0 aliphatic rings. The first-order valence-corrected chi connectivity index (χ1v) is 6.17. The maximum Gasteiger partial charge on any atom is 0.186 e. The highest BCUT2D eigenvalue weighted by atomic mass is 32.2. The summed E-state index contributed by atoms with van der Waals surface area (Å²) in [5, 5.41) is 8.67. The molecule has 1 aromatic carbocycles. The van der Waals surface area contributed by atoms with Gasteiger partial charge in [-0.1, -0.05) is 23.6 Å². The lowest BCUT2D eigenvalue weighted by atomic mass is 10.2. The standard InChI is InChI=1S/C13H14O3S/c1-11(15)17-10-2-3-12-4-6-13(7-5-12)16-9-8-14/h4-7,14H,8-10H2,1H3. The number of aliphatic hydroxyl groups is 1. The minimum atomic E-state index is 0.00380. The Morgan fingerprint density at radius 1 is 1.41 bits per heavy atom. The van der Waals surface area contributed by atoms with Crippen LogP contribution >= 0.6 is 11.8 Å². The van der Waals surface area contributed by atoms with E-state index in [-0.39, 0.29) is 11.7 Å². The molecule has 1 aromatic rings. The fourth-order valence-corrected chi connectivity index (χ4v) is 1.42. The SMILES string of the molecule is CC(=O)SCC#Cc1ccc(OCCO)cc1. The second-order valence-electron chi connectivity index (χ2n) is 3.18. The molecule has 0 unspecified atom stereocenters. The summed E-state index contributed by atoms with van der Waals surface area (Å²) in [4.78, 5) is 10.7. The number of rotatable bonds is 4. The van der Waals surface area contributed by atoms with Crippen LogP contribution in [0.3, 0.4) is 0 Å². The number of hydrogen-bond acceptors (Lipinski definition) is 4. The predicted molar refractivity (Wildman–Crippen MR) is 69.0 cm³/mol. The molecule has 17 heavy (non-hydrogen) atoms. The Kier molecular flexibility index (Phi) is 6.23. The lowest BCUT2D eigenvalue weighted by molar-refractivity contribution is -0.109. The first-order valence-electron chi connectivity index (χ1n) is 5.18. The van der Waals surface area contributed by atoms with Gasteiger partial charge in [-0.2, -0.15) is 0 Å². The number of aliphatic hydroxyl groups excluding tert-OH is 1. The van der Waals surface area contributed by atoms with Gasteiger partial charge in [0, 0.05) is 12.5 Å². The van der Waals surface area contributed by atoms with Crippen LogP contribution in [0.5, 0.6) is 5.75 Å². The molecule has 0 aliphatic carbocycles. The summed E-state index contributed by atoms with van der Waals surface area (Å²) in [5.74, 6) is 7.09. The molecule has 90 valence electrons. The minimum absolute atomic E-state index is 0.00380. The van der Waals surface area contributed by atoms with Gasteiger partial charge in [0.1, 0.15) is 12.4 Å². The van der Waals surface area contributed by atoms with E-state index in [1.165, 1.54) is 18.7 Å². The minimum Gasteiger partial charge on any atom is -0.491 e. The zero-order valence-corrected chi connectivity index (χ0v) is 10.4. The third-order valence-electron chi connectivity index (χ3n) is 1.79. The number of carbonyl (C=O) groups excluding carboxylic acids is 1. The molecular formula is C13H14O3S. The Labute approximate surface area is 105 Å². The summed E-state index contributed by atoms with van der Waals surface area (Å²) in [6, 6.07) is 7.30. The van der Waals surface area contributed by atoms with Crippen molar-refractivity contribution in [1.29, 1.82) is 0 Å². The van der Waals surface area contributed by atoms with Gasteiger partial charge >= 0.3 is 0 Å². The number of thioether (sulfide) groups is 1. The Morgan fingerprint density at radius 3 is 2.71 bits per heavy atom. The second kappa shape index (κ2) is 7.77. The Hall–Kier alpha value is -1.44. The van der Waals surface area contributed by atoms with Crippen LogP contribution in [0, 0.1) is 11.8 Å². The number of ether oxygens (including phenoxy) is 1. The molecule has 3 nitrogen and oxygen atoms in total. The highest BCUT2D eigenvalue weighted by Gasteiger charge is 1.93. The normalized spacial score (nSPS) is 9.29. The molecule has 0 amide bonds. The summed E-state index contributed by atoms with van der Waals surface area (Å²) in [6.07, 6.45) is 0. The molecule has 0 fully saturated rings. The van der Waals surface area contributed by atoms with Crippen LogP contribution in [0.15, 0.2) is 24.3 Å². The van der Waals surface area contributed by atoms with Crippen LogP contribution < -0.4 is 4.74 Å². The highest BCUT2D eigenvalue weighted by Crippen LogP contribution is 2.11. The van der Waals surface area contributed by atoms with Crippen molar-refractivity contribution in [3.8, 4) is 17.6 Å². The molecule has 0 heterocycles. The average Bonchev–Trinajstić information content (AvgIpc) is 2.33. The summed E-state index contributed by atoms with van der Waals surface area (Å²) in [5.41, 5.74) is 0.880. The third kappa shape index (κ3) is 6.00. The Balaban J connectivity index is 2.47.